The van der Waals surface area contributed by atoms with Crippen molar-refractivity contribution in [3.8, 4) is 11.1 Å². The molecule has 5 heteroatoms. The first kappa shape index (κ1) is 11.8. The molecule has 0 aliphatic rings. The molecule has 0 saturated heterocycles. The number of anilines is 1. The SMILES string of the molecule is Nc1cc(F)c(-c2cc(F)cc(Cl)c2)c(F)c1. The number of nitrogen functional groups attached to an aromatic ring is 1. The zero-order valence-corrected chi connectivity index (χ0v) is 9.23. The number of hydrogen-bond acceptors (Lipinski definition) is 1. The first-order valence-corrected chi connectivity index (χ1v) is 5.06. The summed E-state index contributed by atoms with van der Waals surface area (Å²) in [5.41, 5.74) is 4.94. The summed E-state index contributed by atoms with van der Waals surface area (Å²) in [4.78, 5) is 0. The van der Waals surface area contributed by atoms with Crippen LogP contribution in [0.15, 0.2) is 30.3 Å². The minimum absolute atomic E-state index is 0.0324. The Morgan fingerprint density at radius 1 is 0.882 bits per heavy atom. The fraction of sp³-hybridized carbons (Fsp3) is 0. The molecule has 88 valence electrons. The normalized spacial score (nSPS) is 10.6. The summed E-state index contributed by atoms with van der Waals surface area (Å²) >= 11 is 5.63. The van der Waals surface area contributed by atoms with Crippen LogP contribution in [0.25, 0.3) is 11.1 Å². The number of hydrogen-bond donors (Lipinski definition) is 1. The van der Waals surface area contributed by atoms with Crippen molar-refractivity contribution in [2.24, 2.45) is 0 Å². The predicted octanol–water partition coefficient (Wildman–Crippen LogP) is 4.01. The van der Waals surface area contributed by atoms with Crippen molar-refractivity contribution in [1.29, 1.82) is 0 Å². The van der Waals surface area contributed by atoms with E-state index in [-0.39, 0.29) is 21.8 Å². The summed E-state index contributed by atoms with van der Waals surface area (Å²) < 4.78 is 40.3. The zero-order chi connectivity index (χ0) is 12.6. The van der Waals surface area contributed by atoms with E-state index in [9.17, 15) is 13.2 Å². The Morgan fingerprint density at radius 3 is 2.00 bits per heavy atom. The van der Waals surface area contributed by atoms with Gasteiger partial charge in [-0.1, -0.05) is 11.6 Å². The van der Waals surface area contributed by atoms with Crippen molar-refractivity contribution in [3.63, 3.8) is 0 Å². The van der Waals surface area contributed by atoms with Gasteiger partial charge >= 0.3 is 0 Å². The van der Waals surface area contributed by atoms with Gasteiger partial charge in [0.15, 0.2) is 0 Å². The summed E-state index contributed by atoms with van der Waals surface area (Å²) in [5, 5.41) is 0.0654. The molecule has 2 aromatic carbocycles. The van der Waals surface area contributed by atoms with Crippen LogP contribution in [0.1, 0.15) is 0 Å². The van der Waals surface area contributed by atoms with Crippen LogP contribution in [0.4, 0.5) is 18.9 Å². The second kappa shape index (κ2) is 4.30. The van der Waals surface area contributed by atoms with Crippen LogP contribution in [0.5, 0.6) is 0 Å². The molecule has 0 amide bonds. The van der Waals surface area contributed by atoms with Crippen molar-refractivity contribution >= 4 is 17.3 Å². The van der Waals surface area contributed by atoms with Gasteiger partial charge < -0.3 is 5.73 Å². The highest BCUT2D eigenvalue weighted by Gasteiger charge is 2.14. The Bertz CT molecular complexity index is 541. The smallest absolute Gasteiger partial charge is 0.136 e. The average molecular weight is 258 g/mol. The van der Waals surface area contributed by atoms with Gasteiger partial charge in [-0.3, -0.25) is 0 Å². The maximum Gasteiger partial charge on any atom is 0.136 e. The molecule has 0 saturated carbocycles. The Hall–Kier alpha value is -1.68. The maximum atomic E-state index is 13.6. The highest BCUT2D eigenvalue weighted by atomic mass is 35.5. The van der Waals surface area contributed by atoms with E-state index in [1.54, 1.807) is 0 Å². The van der Waals surface area contributed by atoms with E-state index in [0.717, 1.165) is 24.3 Å². The molecule has 0 unspecified atom stereocenters. The van der Waals surface area contributed by atoms with Crippen molar-refractivity contribution in [2.75, 3.05) is 5.73 Å². The molecule has 0 bridgehead atoms. The third-order valence-electron chi connectivity index (χ3n) is 2.22. The Labute approximate surface area is 101 Å². The number of rotatable bonds is 1. The molecule has 0 aromatic heterocycles. The van der Waals surface area contributed by atoms with Crippen molar-refractivity contribution in [1.82, 2.24) is 0 Å². The number of halogens is 4. The topological polar surface area (TPSA) is 26.0 Å². The largest absolute Gasteiger partial charge is 0.399 e. The lowest BCUT2D eigenvalue weighted by Crippen LogP contribution is -1.95. The van der Waals surface area contributed by atoms with Gasteiger partial charge in [0.05, 0.1) is 5.56 Å². The highest BCUT2D eigenvalue weighted by Crippen LogP contribution is 2.30. The molecule has 0 atom stereocenters. The minimum atomic E-state index is -0.857. The van der Waals surface area contributed by atoms with E-state index < -0.39 is 17.5 Å². The average Bonchev–Trinajstić information content (AvgIpc) is 2.13. The van der Waals surface area contributed by atoms with Crippen LogP contribution in [0, 0.1) is 17.5 Å². The Kier molecular flexibility index (Phi) is 2.98. The molecule has 0 aliphatic heterocycles. The van der Waals surface area contributed by atoms with E-state index in [0.29, 0.717) is 0 Å². The molecular formula is C12H7ClF3N. The quantitative estimate of drug-likeness (QED) is 0.768. The summed E-state index contributed by atoms with van der Waals surface area (Å²) in [5.74, 6) is -2.38. The van der Waals surface area contributed by atoms with Crippen LogP contribution < -0.4 is 5.73 Å². The first-order valence-electron chi connectivity index (χ1n) is 4.68. The monoisotopic (exact) mass is 257 g/mol. The van der Waals surface area contributed by atoms with Crippen molar-refractivity contribution < 1.29 is 13.2 Å². The van der Waals surface area contributed by atoms with Gasteiger partial charge in [0.25, 0.3) is 0 Å². The lowest BCUT2D eigenvalue weighted by atomic mass is 10.0. The Balaban J connectivity index is 2.68. The van der Waals surface area contributed by atoms with E-state index in [4.69, 9.17) is 17.3 Å². The van der Waals surface area contributed by atoms with Gasteiger partial charge in [-0.15, -0.1) is 0 Å². The summed E-state index contributed by atoms with van der Waals surface area (Å²) in [6.45, 7) is 0. The van der Waals surface area contributed by atoms with E-state index in [1.807, 2.05) is 0 Å². The van der Waals surface area contributed by atoms with Crippen molar-refractivity contribution in [2.45, 2.75) is 0 Å². The second-order valence-corrected chi connectivity index (χ2v) is 3.95. The highest BCUT2D eigenvalue weighted by molar-refractivity contribution is 6.30. The van der Waals surface area contributed by atoms with Gasteiger partial charge in [-0.05, 0) is 35.9 Å². The second-order valence-electron chi connectivity index (χ2n) is 3.52. The number of nitrogens with two attached hydrogens (primary N) is 1. The van der Waals surface area contributed by atoms with Gasteiger partial charge in [0.1, 0.15) is 17.5 Å². The lowest BCUT2D eigenvalue weighted by molar-refractivity contribution is 0.590. The number of benzene rings is 2. The zero-order valence-electron chi connectivity index (χ0n) is 8.48. The third-order valence-corrected chi connectivity index (χ3v) is 2.43. The molecule has 17 heavy (non-hydrogen) atoms. The minimum Gasteiger partial charge on any atom is -0.399 e. The molecular weight excluding hydrogens is 251 g/mol. The molecule has 0 aliphatic carbocycles. The van der Waals surface area contributed by atoms with Crippen LogP contribution in [0.2, 0.25) is 5.02 Å². The molecule has 1 nitrogen and oxygen atoms in total. The molecule has 2 aromatic rings. The maximum absolute atomic E-state index is 13.6. The Morgan fingerprint density at radius 2 is 1.47 bits per heavy atom. The molecule has 2 N–H and O–H groups in total. The summed E-state index contributed by atoms with van der Waals surface area (Å²) in [6.07, 6.45) is 0. The van der Waals surface area contributed by atoms with Gasteiger partial charge in [0, 0.05) is 10.7 Å². The summed E-state index contributed by atoms with van der Waals surface area (Å²) in [7, 11) is 0. The van der Waals surface area contributed by atoms with Crippen LogP contribution in [-0.4, -0.2) is 0 Å². The standard InChI is InChI=1S/C12H7ClF3N/c13-7-1-6(2-8(14)3-7)12-10(15)4-9(17)5-11(12)16/h1-5H,17H2. The van der Waals surface area contributed by atoms with Gasteiger partial charge in [0.2, 0.25) is 0 Å². The predicted molar refractivity (Wildman–Crippen MR) is 61.2 cm³/mol. The first-order chi connectivity index (χ1) is 7.97. The van der Waals surface area contributed by atoms with Crippen molar-refractivity contribution in [3.05, 3.63) is 52.8 Å². The molecule has 2 rings (SSSR count). The fourth-order valence-electron chi connectivity index (χ4n) is 1.57. The molecule has 0 radical (unpaired) electrons. The summed E-state index contributed by atoms with van der Waals surface area (Å²) in [6, 6.07) is 5.28. The van der Waals surface area contributed by atoms with Gasteiger partial charge in [-0.25, -0.2) is 13.2 Å². The van der Waals surface area contributed by atoms with Crippen LogP contribution in [0.3, 0.4) is 0 Å². The lowest BCUT2D eigenvalue weighted by Gasteiger charge is -2.07. The molecule has 0 spiro atoms. The van der Waals surface area contributed by atoms with Crippen LogP contribution in [-0.2, 0) is 0 Å². The third kappa shape index (κ3) is 2.36. The van der Waals surface area contributed by atoms with Gasteiger partial charge in [-0.2, -0.15) is 0 Å². The molecule has 0 heterocycles. The fourth-order valence-corrected chi connectivity index (χ4v) is 1.79. The van der Waals surface area contributed by atoms with E-state index in [2.05, 4.69) is 0 Å². The van der Waals surface area contributed by atoms with Crippen LogP contribution >= 0.6 is 11.6 Å². The van der Waals surface area contributed by atoms with E-state index in [1.165, 1.54) is 6.07 Å². The van der Waals surface area contributed by atoms with E-state index >= 15 is 0 Å². The molecule has 0 fully saturated rings.